The zero-order chi connectivity index (χ0) is 20.7. The molecule has 0 amide bonds. The van der Waals surface area contributed by atoms with Crippen molar-refractivity contribution in [2.45, 2.75) is 45.6 Å². The third kappa shape index (κ3) is 5.73. The van der Waals surface area contributed by atoms with Crippen LogP contribution in [0.1, 0.15) is 45.1 Å². The van der Waals surface area contributed by atoms with Crippen molar-refractivity contribution >= 4 is 11.6 Å². The van der Waals surface area contributed by atoms with Crippen molar-refractivity contribution in [1.82, 2.24) is 15.5 Å². The van der Waals surface area contributed by atoms with E-state index < -0.39 is 0 Å². The van der Waals surface area contributed by atoms with Gasteiger partial charge in [-0.05, 0) is 54.7 Å². The molecule has 0 radical (unpaired) electrons. The standard InChI is InChI=1S/C23H31ClFN3/c1-6-16(3)19-11-12-28(14-26-17(4)13-19)15-27-18(5)20(7-2)21-9-8-10-22(24)23(21)25/h8-13,18,20,26-27H,3-4,6-7,14-15H2,1-2,5H3/b12-11-,19-13+. The molecule has 2 atom stereocenters. The summed E-state index contributed by atoms with van der Waals surface area (Å²) in [5, 5.41) is 7.00. The van der Waals surface area contributed by atoms with Crippen LogP contribution in [0.3, 0.4) is 0 Å². The van der Waals surface area contributed by atoms with Crippen LogP contribution >= 0.6 is 11.6 Å². The molecule has 1 aromatic rings. The number of rotatable bonds is 8. The Kier molecular flexibility index (Phi) is 8.34. The summed E-state index contributed by atoms with van der Waals surface area (Å²) < 4.78 is 14.5. The molecule has 0 aromatic heterocycles. The van der Waals surface area contributed by atoms with E-state index >= 15 is 0 Å². The number of hydrogen-bond acceptors (Lipinski definition) is 3. The number of nitrogens with zero attached hydrogens (tertiary/aromatic N) is 1. The molecule has 2 unspecified atom stereocenters. The van der Waals surface area contributed by atoms with E-state index in [1.807, 2.05) is 18.3 Å². The maximum Gasteiger partial charge on any atom is 0.145 e. The highest BCUT2D eigenvalue weighted by molar-refractivity contribution is 6.30. The number of hydrogen-bond donors (Lipinski definition) is 2. The molecule has 1 aliphatic rings. The molecule has 0 aliphatic carbocycles. The van der Waals surface area contributed by atoms with Gasteiger partial charge in [-0.2, -0.15) is 0 Å². The second-order valence-electron chi connectivity index (χ2n) is 7.13. The van der Waals surface area contributed by atoms with Crippen molar-refractivity contribution < 1.29 is 4.39 Å². The van der Waals surface area contributed by atoms with Crippen molar-refractivity contribution in [2.75, 3.05) is 13.3 Å². The van der Waals surface area contributed by atoms with Crippen LogP contribution < -0.4 is 10.6 Å². The third-order valence-corrected chi connectivity index (χ3v) is 5.47. The summed E-state index contributed by atoms with van der Waals surface area (Å²) in [6.07, 6.45) is 7.84. The molecule has 3 nitrogen and oxygen atoms in total. The second kappa shape index (κ2) is 10.5. The van der Waals surface area contributed by atoms with Gasteiger partial charge in [0.15, 0.2) is 0 Å². The summed E-state index contributed by atoms with van der Waals surface area (Å²) in [6.45, 7) is 15.7. The minimum absolute atomic E-state index is 0.0377. The van der Waals surface area contributed by atoms with Gasteiger partial charge in [-0.3, -0.25) is 5.32 Å². The average Bonchev–Trinajstić information content (AvgIpc) is 2.67. The molecule has 0 bridgehead atoms. The minimum atomic E-state index is -0.318. The molecular formula is C23H31ClFN3. The third-order valence-electron chi connectivity index (χ3n) is 5.18. The second-order valence-corrected chi connectivity index (χ2v) is 7.54. The largest absolute Gasteiger partial charge is 0.368 e. The van der Waals surface area contributed by atoms with Gasteiger partial charge in [-0.25, -0.2) is 4.39 Å². The van der Waals surface area contributed by atoms with Crippen molar-refractivity contribution in [1.29, 1.82) is 0 Å². The summed E-state index contributed by atoms with van der Waals surface area (Å²) >= 11 is 5.98. The van der Waals surface area contributed by atoms with Crippen LogP contribution in [0, 0.1) is 5.82 Å². The Morgan fingerprint density at radius 2 is 2.14 bits per heavy atom. The fourth-order valence-corrected chi connectivity index (χ4v) is 3.50. The lowest BCUT2D eigenvalue weighted by atomic mass is 9.89. The lowest BCUT2D eigenvalue weighted by Crippen LogP contribution is -2.42. The predicted octanol–water partition coefficient (Wildman–Crippen LogP) is 5.69. The first-order chi connectivity index (χ1) is 13.4. The number of halogens is 2. The molecule has 5 heteroatoms. The molecular weight excluding hydrogens is 373 g/mol. The van der Waals surface area contributed by atoms with Crippen LogP contribution in [0.5, 0.6) is 0 Å². The van der Waals surface area contributed by atoms with E-state index in [-0.39, 0.29) is 22.8 Å². The quantitative estimate of drug-likeness (QED) is 0.583. The Morgan fingerprint density at radius 3 is 2.82 bits per heavy atom. The van der Waals surface area contributed by atoms with Crippen LogP contribution in [0.2, 0.25) is 5.02 Å². The van der Waals surface area contributed by atoms with E-state index in [0.29, 0.717) is 18.9 Å². The fraction of sp³-hybridized carbons (Fsp3) is 0.391. The summed E-state index contributed by atoms with van der Waals surface area (Å²) in [5.74, 6) is -0.280. The number of nitrogens with one attached hydrogen (secondary N) is 2. The Labute approximate surface area is 173 Å². The molecule has 1 aromatic carbocycles. The van der Waals surface area contributed by atoms with Crippen LogP contribution in [-0.4, -0.2) is 24.3 Å². The van der Waals surface area contributed by atoms with E-state index in [1.165, 1.54) is 0 Å². The molecule has 0 saturated carbocycles. The van der Waals surface area contributed by atoms with E-state index in [1.54, 1.807) is 12.1 Å². The zero-order valence-corrected chi connectivity index (χ0v) is 17.8. The smallest absolute Gasteiger partial charge is 0.145 e. The van der Waals surface area contributed by atoms with E-state index in [0.717, 1.165) is 29.7 Å². The molecule has 1 heterocycles. The van der Waals surface area contributed by atoms with Gasteiger partial charge in [0.1, 0.15) is 5.82 Å². The predicted molar refractivity (Wildman–Crippen MR) is 118 cm³/mol. The van der Waals surface area contributed by atoms with Gasteiger partial charge in [0.05, 0.1) is 18.4 Å². The highest BCUT2D eigenvalue weighted by Gasteiger charge is 2.22. The van der Waals surface area contributed by atoms with Crippen LogP contribution in [0.15, 0.2) is 66.6 Å². The normalized spacial score (nSPS) is 19.7. The monoisotopic (exact) mass is 403 g/mol. The van der Waals surface area contributed by atoms with E-state index in [9.17, 15) is 4.39 Å². The van der Waals surface area contributed by atoms with Crippen molar-refractivity contribution in [3.63, 3.8) is 0 Å². The fourth-order valence-electron chi connectivity index (χ4n) is 3.31. The zero-order valence-electron chi connectivity index (χ0n) is 17.1. The minimum Gasteiger partial charge on any atom is -0.368 e. The first kappa shape index (κ1) is 22.3. The van der Waals surface area contributed by atoms with E-state index in [4.69, 9.17) is 11.6 Å². The Balaban J connectivity index is 2.06. The maximum atomic E-state index is 14.5. The van der Waals surface area contributed by atoms with Gasteiger partial charge in [0.2, 0.25) is 0 Å². The first-order valence-corrected chi connectivity index (χ1v) is 10.2. The molecule has 2 rings (SSSR count). The summed E-state index contributed by atoms with van der Waals surface area (Å²) in [5.41, 5.74) is 3.67. The Morgan fingerprint density at radius 1 is 1.39 bits per heavy atom. The van der Waals surface area contributed by atoms with Crippen molar-refractivity contribution in [3.05, 3.63) is 83.0 Å². The molecule has 0 fully saturated rings. The topological polar surface area (TPSA) is 27.3 Å². The summed E-state index contributed by atoms with van der Waals surface area (Å²) in [7, 11) is 0. The number of allylic oxidation sites excluding steroid dienone is 4. The highest BCUT2D eigenvalue weighted by atomic mass is 35.5. The lowest BCUT2D eigenvalue weighted by molar-refractivity contribution is 0.295. The van der Waals surface area contributed by atoms with Crippen LogP contribution in [-0.2, 0) is 0 Å². The van der Waals surface area contributed by atoms with E-state index in [2.05, 4.69) is 55.5 Å². The summed E-state index contributed by atoms with van der Waals surface area (Å²) in [4.78, 5) is 2.12. The van der Waals surface area contributed by atoms with Crippen molar-refractivity contribution in [3.8, 4) is 0 Å². The first-order valence-electron chi connectivity index (χ1n) is 9.79. The Bertz CT molecular complexity index is 769. The van der Waals surface area contributed by atoms with Gasteiger partial charge in [-0.1, -0.05) is 50.7 Å². The van der Waals surface area contributed by atoms with Gasteiger partial charge in [-0.15, -0.1) is 0 Å². The molecule has 28 heavy (non-hydrogen) atoms. The van der Waals surface area contributed by atoms with Gasteiger partial charge in [0.25, 0.3) is 0 Å². The molecule has 0 spiro atoms. The number of benzene rings is 1. The van der Waals surface area contributed by atoms with Gasteiger partial charge < -0.3 is 10.2 Å². The maximum absolute atomic E-state index is 14.5. The van der Waals surface area contributed by atoms with Crippen LogP contribution in [0.25, 0.3) is 0 Å². The SMILES string of the molecule is C=C1/C=C(C(=C)CC)\C=C/N(CNC(C)C(CC)c2cccc(Cl)c2F)CN1. The highest BCUT2D eigenvalue weighted by Crippen LogP contribution is 2.29. The van der Waals surface area contributed by atoms with Gasteiger partial charge >= 0.3 is 0 Å². The van der Waals surface area contributed by atoms with Gasteiger partial charge in [0, 0.05) is 23.9 Å². The Hall–Kier alpha value is -2.04. The molecule has 2 N–H and O–H groups in total. The lowest BCUT2D eigenvalue weighted by Gasteiger charge is -2.30. The molecule has 152 valence electrons. The van der Waals surface area contributed by atoms with Crippen LogP contribution in [0.4, 0.5) is 4.39 Å². The molecule has 0 saturated heterocycles. The summed E-state index contributed by atoms with van der Waals surface area (Å²) in [6, 6.07) is 5.30. The van der Waals surface area contributed by atoms with Crippen molar-refractivity contribution in [2.24, 2.45) is 0 Å². The molecule has 1 aliphatic heterocycles. The average molecular weight is 404 g/mol.